The van der Waals surface area contributed by atoms with E-state index in [2.05, 4.69) is 304 Å². The van der Waals surface area contributed by atoms with Crippen LogP contribution >= 0.6 is 23.8 Å². The van der Waals surface area contributed by atoms with Gasteiger partial charge >= 0.3 is 0 Å². The Bertz CT molecular complexity index is 3620. The van der Waals surface area contributed by atoms with Crippen molar-refractivity contribution in [3.63, 3.8) is 0 Å². The quantitative estimate of drug-likeness (QED) is 0.0307. The zero-order chi connectivity index (χ0) is 68.6. The summed E-state index contributed by atoms with van der Waals surface area (Å²) in [7, 11) is -0.245. The lowest BCUT2D eigenvalue weighted by Crippen LogP contribution is -2.36. The Morgan fingerprint density at radius 2 is 0.531 bits per heavy atom. The number of methoxy groups -OCH3 is 1. The molecule has 0 aromatic heterocycles. The highest BCUT2D eigenvalue weighted by molar-refractivity contribution is 7.73. The van der Waals surface area contributed by atoms with Gasteiger partial charge in [0.25, 0.3) is 0 Å². The molecule has 0 spiro atoms. The molecular weight excluding hydrogens is 1240 g/mol. The van der Waals surface area contributed by atoms with E-state index in [1.54, 1.807) is 7.11 Å². The van der Waals surface area contributed by atoms with Gasteiger partial charge in [0.05, 0.1) is 45.2 Å². The molecule has 9 aromatic carbocycles. The first-order valence-electron chi connectivity index (χ1n) is 34.2. The molecule has 0 unspecified atom stereocenters. The van der Waals surface area contributed by atoms with Crippen molar-refractivity contribution in [1.82, 2.24) is 0 Å². The molecule has 506 valence electrons. The monoisotopic (exact) mass is 1340 g/mol. The van der Waals surface area contributed by atoms with Crippen molar-refractivity contribution in [2.75, 3.05) is 66.6 Å². The highest BCUT2D eigenvalue weighted by Gasteiger charge is 2.32. The van der Waals surface area contributed by atoms with Crippen LogP contribution in [0.3, 0.4) is 0 Å². The van der Waals surface area contributed by atoms with E-state index in [4.69, 9.17) is 33.2 Å². The summed E-state index contributed by atoms with van der Waals surface area (Å²) in [5.41, 5.74) is 13.4. The summed E-state index contributed by atoms with van der Waals surface area (Å²) in [5.74, 6) is 2.77. The molecule has 0 aliphatic carbocycles. The lowest BCUT2D eigenvalue weighted by Gasteiger charge is -2.31. The van der Waals surface area contributed by atoms with Crippen molar-refractivity contribution in [2.45, 2.75) is 139 Å². The minimum atomic E-state index is -0.692. The van der Waals surface area contributed by atoms with Gasteiger partial charge in [0.15, 0.2) is 0 Å². The molecule has 0 atom stereocenters. The summed E-state index contributed by atoms with van der Waals surface area (Å²) in [6, 6.07) is 72.8. The zero-order valence-electron chi connectivity index (χ0n) is 60.2. The van der Waals surface area contributed by atoms with Crippen LogP contribution in [0.5, 0.6) is 17.2 Å². The van der Waals surface area contributed by atoms with E-state index in [0.717, 1.165) is 46.9 Å². The van der Waals surface area contributed by atoms with Crippen molar-refractivity contribution in [1.29, 1.82) is 0 Å². The number of aryl methyl sites for hydroxylation is 3. The Morgan fingerprint density at radius 1 is 0.302 bits per heavy atom. The predicted octanol–water partition coefficient (Wildman–Crippen LogP) is 18.5. The minimum absolute atomic E-state index is 0.145. The molecule has 0 radical (unpaired) electrons. The van der Waals surface area contributed by atoms with Gasteiger partial charge in [-0.1, -0.05) is 243 Å². The first-order valence-corrected chi connectivity index (χ1v) is 38.8. The Hall–Kier alpha value is -6.49. The molecule has 9 aromatic rings. The maximum absolute atomic E-state index is 6.95. The summed E-state index contributed by atoms with van der Waals surface area (Å²) < 4.78 is 47.1. The largest absolute Gasteiger partial charge is 0.491 e. The fraction of sp³-hybridized carbons (Fsp3) is 0.372. The van der Waals surface area contributed by atoms with E-state index in [-0.39, 0.29) is 10.8 Å². The Balaban J connectivity index is 0.928. The van der Waals surface area contributed by atoms with Gasteiger partial charge in [0, 0.05) is 47.7 Å². The molecule has 7 nitrogen and oxygen atoms in total. The van der Waals surface area contributed by atoms with Gasteiger partial charge in [0.2, 0.25) is 0 Å². The van der Waals surface area contributed by atoms with Crippen molar-refractivity contribution in [3.8, 4) is 17.2 Å². The number of ether oxygens (including phenoxy) is 7. The maximum Gasteiger partial charge on any atom is 0.128 e. The second kappa shape index (κ2) is 33.8. The van der Waals surface area contributed by atoms with Crippen LogP contribution in [0.1, 0.15) is 129 Å². The van der Waals surface area contributed by atoms with Gasteiger partial charge in [-0.3, -0.25) is 0 Å². The van der Waals surface area contributed by atoms with Crippen LogP contribution in [0, 0.1) is 47.0 Å². The van der Waals surface area contributed by atoms with Crippen LogP contribution in [0.2, 0.25) is 0 Å². The van der Waals surface area contributed by atoms with Gasteiger partial charge in [-0.25, -0.2) is 0 Å². The number of hydrogen-bond acceptors (Lipinski definition) is 7. The number of benzene rings is 9. The SMILES string of the molecule is COC(C)(C)c1cc(C)c(CP(c2ccccc2)c2ccccc2)c(C)c1OCCOCC(C)(COCCOc1c(C(C)(C)C)cc(C)c(CP(c2ccccc2)c2ccccc2)c1C)COCCOc1c(C(C)(C)C)cc(C)c(CP(c2ccccc2)c2ccccc2)c1C. The van der Waals surface area contributed by atoms with E-state index >= 15 is 0 Å². The fourth-order valence-corrected chi connectivity index (χ4v) is 20.4. The van der Waals surface area contributed by atoms with Crippen LogP contribution in [0.4, 0.5) is 0 Å². The van der Waals surface area contributed by atoms with Gasteiger partial charge in [-0.05, 0) is 178 Å². The van der Waals surface area contributed by atoms with Crippen LogP contribution in [0.25, 0.3) is 0 Å². The molecule has 10 heteroatoms. The Kier molecular flexibility index (Phi) is 26.0. The van der Waals surface area contributed by atoms with E-state index in [9.17, 15) is 0 Å². The van der Waals surface area contributed by atoms with Crippen LogP contribution in [-0.2, 0) is 53.9 Å². The molecule has 0 saturated carbocycles. The summed E-state index contributed by atoms with van der Waals surface area (Å²) in [5, 5.41) is 8.16. The zero-order valence-corrected chi connectivity index (χ0v) is 62.9. The lowest BCUT2D eigenvalue weighted by atomic mass is 9.83. The predicted molar refractivity (Wildman–Crippen MR) is 411 cm³/mol. The Morgan fingerprint density at radius 3 is 0.760 bits per heavy atom. The third-order valence-electron chi connectivity index (χ3n) is 18.5. The van der Waals surface area contributed by atoms with E-state index in [1.165, 1.54) is 87.5 Å². The summed E-state index contributed by atoms with van der Waals surface area (Å²) in [6.45, 7) is 37.0. The van der Waals surface area contributed by atoms with Gasteiger partial charge in [0.1, 0.15) is 37.1 Å². The minimum Gasteiger partial charge on any atom is -0.491 e. The van der Waals surface area contributed by atoms with Gasteiger partial charge in [-0.15, -0.1) is 0 Å². The topological polar surface area (TPSA) is 64.6 Å². The second-order valence-corrected chi connectivity index (χ2v) is 35.1. The van der Waals surface area contributed by atoms with Crippen LogP contribution in [0.15, 0.2) is 200 Å². The van der Waals surface area contributed by atoms with Crippen LogP contribution < -0.4 is 46.0 Å². The van der Waals surface area contributed by atoms with E-state index in [1.807, 2.05) is 0 Å². The van der Waals surface area contributed by atoms with E-state index < -0.39 is 34.8 Å². The molecule has 0 amide bonds. The highest BCUT2D eigenvalue weighted by Crippen LogP contribution is 2.48. The maximum atomic E-state index is 6.95. The third-order valence-corrected chi connectivity index (χ3v) is 26.0. The number of rotatable bonds is 32. The summed E-state index contributed by atoms with van der Waals surface area (Å²) >= 11 is 0. The molecule has 0 aliphatic rings. The van der Waals surface area contributed by atoms with Crippen LogP contribution in [-0.4, -0.2) is 66.6 Å². The molecule has 0 bridgehead atoms. The average Bonchev–Trinajstić information content (AvgIpc) is 0.793. The molecule has 0 fully saturated rings. The van der Waals surface area contributed by atoms with Gasteiger partial charge < -0.3 is 33.2 Å². The second-order valence-electron chi connectivity index (χ2n) is 28.5. The molecule has 9 rings (SSSR count). The molecule has 0 heterocycles. The summed E-state index contributed by atoms with van der Waals surface area (Å²) in [6.07, 6.45) is 2.73. The van der Waals surface area contributed by atoms with E-state index in [0.29, 0.717) is 59.5 Å². The van der Waals surface area contributed by atoms with Crippen molar-refractivity contribution < 1.29 is 33.2 Å². The average molecular weight is 1340 g/mol. The van der Waals surface area contributed by atoms with Crippen molar-refractivity contribution in [3.05, 3.63) is 267 Å². The molecule has 0 aliphatic heterocycles. The molecule has 96 heavy (non-hydrogen) atoms. The third kappa shape index (κ3) is 19.0. The van der Waals surface area contributed by atoms with Gasteiger partial charge in [-0.2, -0.15) is 0 Å². The number of hydrogen-bond donors (Lipinski definition) is 0. The summed E-state index contributed by atoms with van der Waals surface area (Å²) in [4.78, 5) is 0. The Labute approximate surface area is 580 Å². The normalized spacial score (nSPS) is 12.3. The molecular formula is C86H105O7P3. The smallest absolute Gasteiger partial charge is 0.128 e. The molecule has 0 N–H and O–H groups in total. The fourth-order valence-electron chi connectivity index (χ4n) is 12.8. The highest BCUT2D eigenvalue weighted by atomic mass is 31.1. The van der Waals surface area contributed by atoms with Crippen molar-refractivity contribution in [2.24, 2.45) is 5.41 Å². The first kappa shape index (κ1) is 73.7. The first-order chi connectivity index (χ1) is 46.0. The standard InChI is InChI=1S/C86H105O7P3/c1-62-53-77(83(7,8)9)80(65(4)74(62)56-94(68-35-23-17-24-36-68)69-37-25-18-26-38-69)91-50-47-88-59-86(15,60-89-48-51-92-81-66(5)75(63(2)54-78(81)84(10,11)12)57-95(70-39-27-19-28-40-70)71-41-29-20-30-42-71)61-90-49-52-93-82-67(6)76(64(3)55-79(82)85(13,14)87-16)58-96(72-43-31-21-32-44-72)73-45-33-22-34-46-73/h17-46,53-55H,47-52,56-61H2,1-16H3. The molecule has 0 saturated heterocycles. The lowest BCUT2D eigenvalue weighted by molar-refractivity contribution is -0.0688. The van der Waals surface area contributed by atoms with Crippen molar-refractivity contribution >= 4 is 55.6 Å².